The summed E-state index contributed by atoms with van der Waals surface area (Å²) >= 11 is 0. The van der Waals surface area contributed by atoms with Crippen LogP contribution in [0.4, 0.5) is 11.4 Å². The number of aromatic nitrogens is 5. The van der Waals surface area contributed by atoms with Crippen molar-refractivity contribution in [2.45, 2.75) is 19.0 Å². The molecule has 13 heteroatoms. The molecule has 0 saturated heterocycles. The fourth-order valence-electron chi connectivity index (χ4n) is 2.22. The first-order valence-electron chi connectivity index (χ1n) is 7.19. The van der Waals surface area contributed by atoms with Gasteiger partial charge in [-0.05, 0) is 19.4 Å². The number of nitro benzene ring substituents is 1. The number of nitrogens with one attached hydrogen (secondary N) is 1. The number of benzene rings is 1. The van der Waals surface area contributed by atoms with E-state index in [1.165, 1.54) is 36.7 Å². The third-order valence-electron chi connectivity index (χ3n) is 3.71. The summed E-state index contributed by atoms with van der Waals surface area (Å²) in [6.07, 6.45) is 0. The molecule has 2 heterocycles. The number of aryl methyl sites for hydroxylation is 2. The van der Waals surface area contributed by atoms with Crippen LogP contribution in [0.1, 0.15) is 11.4 Å². The Kier molecular flexibility index (Phi) is 3.95. The van der Waals surface area contributed by atoms with Gasteiger partial charge in [0.1, 0.15) is 11.5 Å². The third-order valence-corrected chi connectivity index (χ3v) is 4.84. The maximum atomic E-state index is 12.6. The van der Waals surface area contributed by atoms with Gasteiger partial charge in [0, 0.05) is 13.1 Å². The molecule has 136 valence electrons. The number of nitrogens with zero attached hydrogens (tertiary/aromatic N) is 6. The summed E-state index contributed by atoms with van der Waals surface area (Å²) in [5.41, 5.74) is -0.893. The van der Waals surface area contributed by atoms with E-state index in [1.807, 2.05) is 0 Å². The summed E-state index contributed by atoms with van der Waals surface area (Å²) in [5, 5.41) is 14.1. The minimum Gasteiger partial charge on any atom is -0.283 e. The third kappa shape index (κ3) is 2.77. The van der Waals surface area contributed by atoms with Crippen LogP contribution in [0.15, 0.2) is 28.2 Å². The number of anilines is 1. The molecule has 0 bridgehead atoms. The van der Waals surface area contributed by atoms with Crippen molar-refractivity contribution in [2.24, 2.45) is 7.05 Å². The van der Waals surface area contributed by atoms with Crippen molar-refractivity contribution in [3.8, 4) is 0 Å². The minimum atomic E-state index is -4.38. The van der Waals surface area contributed by atoms with Crippen LogP contribution in [0, 0.1) is 24.0 Å². The molecule has 0 atom stereocenters. The van der Waals surface area contributed by atoms with Crippen molar-refractivity contribution in [3.63, 3.8) is 0 Å². The molecule has 3 rings (SSSR count). The van der Waals surface area contributed by atoms with E-state index in [0.29, 0.717) is 11.4 Å². The molecule has 1 aromatic carbocycles. The Bertz CT molecular complexity index is 1210. The lowest BCUT2D eigenvalue weighted by Crippen LogP contribution is -2.28. The zero-order valence-electron chi connectivity index (χ0n) is 13.9. The van der Waals surface area contributed by atoms with E-state index in [4.69, 9.17) is 0 Å². The Morgan fingerprint density at radius 3 is 2.58 bits per heavy atom. The van der Waals surface area contributed by atoms with Gasteiger partial charge in [-0.2, -0.15) is 18.4 Å². The van der Waals surface area contributed by atoms with Crippen LogP contribution in [-0.2, 0) is 17.1 Å². The van der Waals surface area contributed by atoms with Crippen LogP contribution < -0.4 is 10.4 Å². The second kappa shape index (κ2) is 5.87. The fourth-order valence-corrected chi connectivity index (χ4v) is 3.23. The zero-order valence-corrected chi connectivity index (χ0v) is 14.7. The molecule has 2 aromatic heterocycles. The number of nitro groups is 1. The van der Waals surface area contributed by atoms with Crippen LogP contribution in [-0.4, -0.2) is 37.5 Å². The summed E-state index contributed by atoms with van der Waals surface area (Å²) in [6.45, 7) is 3.07. The first-order chi connectivity index (χ1) is 12.1. The Morgan fingerprint density at radius 1 is 1.23 bits per heavy atom. The fraction of sp³-hybridized carbons (Fsp3) is 0.231. The number of sulfonamides is 1. The molecule has 0 radical (unpaired) electrons. The van der Waals surface area contributed by atoms with Gasteiger partial charge >= 0.3 is 5.69 Å². The standard InChI is InChI=1S/C13H13N7O5S/c1-7-5-4-6-9(20(22)23)10(7)17-26(24,25)12-15-11-14-8(2)18(3)13(21)19(11)16-12/h4-6,17H,1-3H3. The van der Waals surface area contributed by atoms with Crippen molar-refractivity contribution in [1.82, 2.24) is 24.1 Å². The maximum absolute atomic E-state index is 12.6. The zero-order chi connectivity index (χ0) is 19.2. The van der Waals surface area contributed by atoms with Crippen molar-refractivity contribution in [2.75, 3.05) is 4.72 Å². The number of hydrogen-bond donors (Lipinski definition) is 1. The van der Waals surface area contributed by atoms with Gasteiger partial charge in [0.15, 0.2) is 0 Å². The highest BCUT2D eigenvalue weighted by molar-refractivity contribution is 7.92. The topological polar surface area (TPSA) is 154 Å². The number of rotatable bonds is 4. The highest BCUT2D eigenvalue weighted by Crippen LogP contribution is 2.29. The van der Waals surface area contributed by atoms with Crippen molar-refractivity contribution in [1.29, 1.82) is 0 Å². The number of para-hydroxylation sites is 1. The lowest BCUT2D eigenvalue weighted by Gasteiger charge is -2.08. The molecule has 0 unspecified atom stereocenters. The maximum Gasteiger partial charge on any atom is 0.353 e. The first kappa shape index (κ1) is 17.5. The average molecular weight is 379 g/mol. The largest absolute Gasteiger partial charge is 0.353 e. The van der Waals surface area contributed by atoms with Crippen molar-refractivity contribution < 1.29 is 13.3 Å². The molecule has 0 aliphatic heterocycles. The van der Waals surface area contributed by atoms with E-state index in [2.05, 4.69) is 19.8 Å². The molecule has 1 N–H and O–H groups in total. The molecule has 0 saturated carbocycles. The minimum absolute atomic E-state index is 0.190. The summed E-state index contributed by atoms with van der Waals surface area (Å²) in [7, 11) is -2.93. The Hall–Kier alpha value is -3.35. The van der Waals surface area contributed by atoms with Gasteiger partial charge < -0.3 is 0 Å². The summed E-state index contributed by atoms with van der Waals surface area (Å²) < 4.78 is 29.2. The lowest BCUT2D eigenvalue weighted by atomic mass is 10.2. The number of fused-ring (bicyclic) bond motifs is 1. The molecule has 0 aliphatic carbocycles. The molecule has 0 aliphatic rings. The number of hydrogen-bond acceptors (Lipinski definition) is 8. The summed E-state index contributed by atoms with van der Waals surface area (Å²) in [6, 6.07) is 4.12. The van der Waals surface area contributed by atoms with Crippen molar-refractivity contribution >= 4 is 27.2 Å². The van der Waals surface area contributed by atoms with Crippen LogP contribution in [0.3, 0.4) is 0 Å². The second-order valence-electron chi connectivity index (χ2n) is 5.44. The highest BCUT2D eigenvalue weighted by atomic mass is 32.2. The molecule has 0 fully saturated rings. The highest BCUT2D eigenvalue weighted by Gasteiger charge is 2.27. The van der Waals surface area contributed by atoms with Crippen LogP contribution >= 0.6 is 0 Å². The van der Waals surface area contributed by atoms with Crippen LogP contribution in [0.5, 0.6) is 0 Å². The van der Waals surface area contributed by atoms with Gasteiger partial charge in [-0.15, -0.1) is 9.61 Å². The van der Waals surface area contributed by atoms with E-state index in [1.54, 1.807) is 6.92 Å². The predicted octanol–water partition coefficient (Wildman–Crippen LogP) is 0.149. The van der Waals surface area contributed by atoms with E-state index >= 15 is 0 Å². The first-order valence-corrected chi connectivity index (χ1v) is 8.67. The Morgan fingerprint density at radius 2 is 1.92 bits per heavy atom. The van der Waals surface area contributed by atoms with E-state index in [9.17, 15) is 23.3 Å². The quantitative estimate of drug-likeness (QED) is 0.496. The molecular formula is C13H13N7O5S. The van der Waals surface area contributed by atoms with E-state index in [0.717, 1.165) is 4.52 Å². The van der Waals surface area contributed by atoms with Crippen LogP contribution in [0.2, 0.25) is 0 Å². The van der Waals surface area contributed by atoms with Gasteiger partial charge in [-0.25, -0.2) is 4.79 Å². The Labute approximate surface area is 146 Å². The predicted molar refractivity (Wildman–Crippen MR) is 89.4 cm³/mol. The van der Waals surface area contributed by atoms with Gasteiger partial charge in [-0.3, -0.25) is 19.4 Å². The SMILES string of the molecule is Cc1cccc([N+](=O)[O-])c1NS(=O)(=O)c1nc2nc(C)n(C)c(=O)n2n1. The molecule has 26 heavy (non-hydrogen) atoms. The average Bonchev–Trinajstić information content (AvgIpc) is 2.99. The summed E-state index contributed by atoms with van der Waals surface area (Å²) in [4.78, 5) is 30.3. The molecule has 0 spiro atoms. The monoisotopic (exact) mass is 379 g/mol. The molecule has 0 amide bonds. The van der Waals surface area contributed by atoms with E-state index < -0.39 is 31.5 Å². The molecule has 12 nitrogen and oxygen atoms in total. The second-order valence-corrected chi connectivity index (χ2v) is 7.01. The van der Waals surface area contributed by atoms with Gasteiger partial charge in [0.05, 0.1) is 4.92 Å². The lowest BCUT2D eigenvalue weighted by molar-refractivity contribution is -0.383. The van der Waals surface area contributed by atoms with Crippen LogP contribution in [0.25, 0.3) is 5.78 Å². The van der Waals surface area contributed by atoms with Gasteiger partial charge in [0.25, 0.3) is 26.6 Å². The van der Waals surface area contributed by atoms with Crippen molar-refractivity contribution in [3.05, 3.63) is 50.2 Å². The molecular weight excluding hydrogens is 366 g/mol. The summed E-state index contributed by atoms with van der Waals surface area (Å²) in [5.74, 6) is 0.131. The Balaban J connectivity index is 2.14. The van der Waals surface area contributed by atoms with Gasteiger partial charge in [-0.1, -0.05) is 12.1 Å². The molecule has 3 aromatic rings. The smallest absolute Gasteiger partial charge is 0.283 e. The van der Waals surface area contributed by atoms with Gasteiger partial charge in [0.2, 0.25) is 0 Å². The van der Waals surface area contributed by atoms with E-state index in [-0.39, 0.29) is 11.5 Å². The normalized spacial score (nSPS) is 11.7.